The highest BCUT2D eigenvalue weighted by Gasteiger charge is 2.22. The monoisotopic (exact) mass is 197 g/mol. The molecule has 1 atom stereocenters. The van der Waals surface area contributed by atoms with E-state index in [1.165, 1.54) is 0 Å². The number of carbonyl (C=O) groups excluding carboxylic acids is 1. The van der Waals surface area contributed by atoms with Crippen LogP contribution in [0.1, 0.15) is 13.3 Å². The largest absolute Gasteiger partial charge is 0.352 e. The molecule has 1 aliphatic heterocycles. The lowest BCUT2D eigenvalue weighted by atomic mass is 10.2. The molecule has 0 aromatic rings. The molecule has 1 aliphatic rings. The first kappa shape index (κ1) is 11.2. The number of carbonyl (C=O) groups is 1. The molecule has 0 bridgehead atoms. The summed E-state index contributed by atoms with van der Waals surface area (Å²) in [6.45, 7) is 8.76. The van der Waals surface area contributed by atoms with E-state index in [0.29, 0.717) is 12.6 Å². The lowest BCUT2D eigenvalue weighted by Gasteiger charge is -2.16. The average Bonchev–Trinajstić information content (AvgIpc) is 2.51. The number of rotatable bonds is 4. The van der Waals surface area contributed by atoms with Crippen LogP contribution in [0.3, 0.4) is 0 Å². The van der Waals surface area contributed by atoms with E-state index in [2.05, 4.69) is 16.8 Å². The molecule has 1 unspecified atom stereocenters. The van der Waals surface area contributed by atoms with E-state index >= 15 is 0 Å². The van der Waals surface area contributed by atoms with E-state index in [1.807, 2.05) is 0 Å². The van der Waals surface area contributed by atoms with E-state index < -0.39 is 0 Å². The van der Waals surface area contributed by atoms with Gasteiger partial charge in [0.15, 0.2) is 0 Å². The van der Waals surface area contributed by atoms with Crippen molar-refractivity contribution in [3.05, 3.63) is 12.2 Å². The molecule has 4 nitrogen and oxygen atoms in total. The Morgan fingerprint density at radius 3 is 3.00 bits per heavy atom. The van der Waals surface area contributed by atoms with Crippen LogP contribution in [0.15, 0.2) is 12.2 Å². The predicted molar refractivity (Wildman–Crippen MR) is 56.9 cm³/mol. The van der Waals surface area contributed by atoms with Crippen molar-refractivity contribution in [2.75, 3.05) is 26.2 Å². The Bertz CT molecular complexity index is 227. The van der Waals surface area contributed by atoms with E-state index in [0.717, 1.165) is 31.6 Å². The van der Waals surface area contributed by atoms with Crippen molar-refractivity contribution in [2.24, 2.45) is 5.73 Å². The second kappa shape index (κ2) is 5.12. The summed E-state index contributed by atoms with van der Waals surface area (Å²) in [6, 6.07) is 0.304. The van der Waals surface area contributed by atoms with Gasteiger partial charge >= 0.3 is 0 Å². The van der Waals surface area contributed by atoms with Gasteiger partial charge in [-0.15, -0.1) is 0 Å². The molecule has 0 saturated carbocycles. The van der Waals surface area contributed by atoms with Crippen LogP contribution in [0.25, 0.3) is 0 Å². The van der Waals surface area contributed by atoms with Crippen LogP contribution in [0, 0.1) is 0 Å². The highest BCUT2D eigenvalue weighted by Crippen LogP contribution is 2.10. The molecule has 1 saturated heterocycles. The maximum absolute atomic E-state index is 10.8. The van der Waals surface area contributed by atoms with Crippen LogP contribution in [-0.4, -0.2) is 43.0 Å². The molecule has 4 heteroatoms. The molecule has 3 N–H and O–H groups in total. The molecule has 0 aromatic heterocycles. The zero-order valence-corrected chi connectivity index (χ0v) is 8.75. The van der Waals surface area contributed by atoms with Crippen LogP contribution in [0.4, 0.5) is 0 Å². The average molecular weight is 197 g/mol. The smallest absolute Gasteiger partial charge is 0.217 e. The fourth-order valence-electron chi connectivity index (χ4n) is 1.76. The number of hydrogen-bond acceptors (Lipinski definition) is 3. The van der Waals surface area contributed by atoms with Crippen LogP contribution in [0.5, 0.6) is 0 Å². The number of nitrogens with two attached hydrogens (primary N) is 1. The Balaban J connectivity index is 2.27. The highest BCUT2D eigenvalue weighted by molar-refractivity contribution is 5.73. The van der Waals surface area contributed by atoms with Crippen LogP contribution >= 0.6 is 0 Å². The highest BCUT2D eigenvalue weighted by atomic mass is 16.1. The van der Waals surface area contributed by atoms with E-state index in [4.69, 9.17) is 5.73 Å². The summed E-state index contributed by atoms with van der Waals surface area (Å²) in [7, 11) is 0. The SMILES string of the molecule is C=C(CN)CN1CCC(NC(C)=O)C1. The van der Waals surface area contributed by atoms with Gasteiger partial charge in [-0.25, -0.2) is 0 Å². The fraction of sp³-hybridized carbons (Fsp3) is 0.700. The number of amides is 1. The first-order valence-electron chi connectivity index (χ1n) is 4.98. The third-order valence-corrected chi connectivity index (χ3v) is 2.42. The minimum absolute atomic E-state index is 0.0505. The Morgan fingerprint density at radius 2 is 2.43 bits per heavy atom. The van der Waals surface area contributed by atoms with Crippen molar-refractivity contribution in [1.29, 1.82) is 0 Å². The molecule has 0 aliphatic carbocycles. The Kier molecular flexibility index (Phi) is 4.10. The standard InChI is InChI=1S/C10H19N3O/c1-8(5-11)6-13-4-3-10(7-13)12-9(2)14/h10H,1,3-7,11H2,2H3,(H,12,14). The first-order chi connectivity index (χ1) is 6.61. The summed E-state index contributed by atoms with van der Waals surface area (Å²) in [5, 5.41) is 2.92. The lowest BCUT2D eigenvalue weighted by Crippen LogP contribution is -2.36. The van der Waals surface area contributed by atoms with Gasteiger partial charge in [-0.2, -0.15) is 0 Å². The first-order valence-corrected chi connectivity index (χ1v) is 4.98. The van der Waals surface area contributed by atoms with Crippen molar-refractivity contribution in [1.82, 2.24) is 10.2 Å². The lowest BCUT2D eigenvalue weighted by molar-refractivity contribution is -0.119. The van der Waals surface area contributed by atoms with Gasteiger partial charge in [0.25, 0.3) is 0 Å². The van der Waals surface area contributed by atoms with Gasteiger partial charge in [-0.05, 0) is 12.0 Å². The third kappa shape index (κ3) is 3.47. The molecule has 0 spiro atoms. The summed E-state index contributed by atoms with van der Waals surface area (Å²) in [5.74, 6) is 0.0505. The van der Waals surface area contributed by atoms with Crippen LogP contribution in [0.2, 0.25) is 0 Å². The molecular formula is C10H19N3O. The Morgan fingerprint density at radius 1 is 1.71 bits per heavy atom. The number of nitrogens with one attached hydrogen (secondary N) is 1. The van der Waals surface area contributed by atoms with Crippen molar-refractivity contribution in [3.8, 4) is 0 Å². The normalized spacial score (nSPS) is 22.3. The van der Waals surface area contributed by atoms with Gasteiger partial charge in [0.1, 0.15) is 0 Å². The van der Waals surface area contributed by atoms with Crippen molar-refractivity contribution in [3.63, 3.8) is 0 Å². The van der Waals surface area contributed by atoms with E-state index in [1.54, 1.807) is 6.92 Å². The molecule has 0 radical (unpaired) electrons. The van der Waals surface area contributed by atoms with Crippen LogP contribution in [-0.2, 0) is 4.79 Å². The van der Waals surface area contributed by atoms with Gasteiger partial charge in [0.05, 0.1) is 0 Å². The van der Waals surface area contributed by atoms with Crippen molar-refractivity contribution >= 4 is 5.91 Å². The zero-order chi connectivity index (χ0) is 10.6. The maximum Gasteiger partial charge on any atom is 0.217 e. The van der Waals surface area contributed by atoms with E-state index in [-0.39, 0.29) is 5.91 Å². The molecule has 0 aromatic carbocycles. The van der Waals surface area contributed by atoms with Gasteiger partial charge in [-0.1, -0.05) is 6.58 Å². The van der Waals surface area contributed by atoms with E-state index in [9.17, 15) is 4.79 Å². The zero-order valence-electron chi connectivity index (χ0n) is 8.75. The van der Waals surface area contributed by atoms with Crippen molar-refractivity contribution < 1.29 is 4.79 Å². The maximum atomic E-state index is 10.8. The molecule has 1 heterocycles. The molecule has 1 amide bonds. The summed E-state index contributed by atoms with van der Waals surface area (Å²) < 4.78 is 0. The molecule has 1 fully saturated rings. The molecule has 80 valence electrons. The van der Waals surface area contributed by atoms with Gasteiger partial charge in [0, 0.05) is 39.1 Å². The minimum atomic E-state index is 0.0505. The molecular weight excluding hydrogens is 178 g/mol. The fourth-order valence-corrected chi connectivity index (χ4v) is 1.76. The predicted octanol–water partition coefficient (Wildman–Crippen LogP) is -0.288. The van der Waals surface area contributed by atoms with Gasteiger partial charge in [-0.3, -0.25) is 9.69 Å². The summed E-state index contributed by atoms with van der Waals surface area (Å²) >= 11 is 0. The summed E-state index contributed by atoms with van der Waals surface area (Å²) in [4.78, 5) is 13.1. The molecule has 1 rings (SSSR count). The van der Waals surface area contributed by atoms with Crippen LogP contribution < -0.4 is 11.1 Å². The topological polar surface area (TPSA) is 58.4 Å². The summed E-state index contributed by atoms with van der Waals surface area (Å²) in [6.07, 6.45) is 1.03. The Labute approximate surface area is 85.1 Å². The Hall–Kier alpha value is -0.870. The third-order valence-electron chi connectivity index (χ3n) is 2.42. The summed E-state index contributed by atoms with van der Waals surface area (Å²) in [5.41, 5.74) is 6.52. The number of likely N-dealkylation sites (tertiary alicyclic amines) is 1. The second-order valence-corrected chi connectivity index (χ2v) is 3.88. The minimum Gasteiger partial charge on any atom is -0.352 e. The quantitative estimate of drug-likeness (QED) is 0.609. The van der Waals surface area contributed by atoms with Gasteiger partial charge in [0.2, 0.25) is 5.91 Å². The second-order valence-electron chi connectivity index (χ2n) is 3.88. The van der Waals surface area contributed by atoms with Gasteiger partial charge < -0.3 is 11.1 Å². The number of hydrogen-bond donors (Lipinski definition) is 2. The molecule has 14 heavy (non-hydrogen) atoms. The van der Waals surface area contributed by atoms with Crippen molar-refractivity contribution in [2.45, 2.75) is 19.4 Å². The number of nitrogens with zero attached hydrogens (tertiary/aromatic N) is 1.